The lowest BCUT2D eigenvalue weighted by Gasteiger charge is -2.36. The second kappa shape index (κ2) is 4.86. The summed E-state index contributed by atoms with van der Waals surface area (Å²) in [7, 11) is -7.29. The second-order valence-electron chi connectivity index (χ2n) is 4.49. The van der Waals surface area contributed by atoms with E-state index in [1.54, 1.807) is 24.3 Å². The van der Waals surface area contributed by atoms with E-state index >= 15 is 0 Å². The molecule has 8 heteroatoms. The van der Waals surface area contributed by atoms with Crippen LogP contribution in [0.3, 0.4) is 0 Å². The minimum atomic E-state index is -3.66. The lowest BCUT2D eigenvalue weighted by atomic mass is 10.2. The zero-order chi connectivity index (χ0) is 14.3. The predicted molar refractivity (Wildman–Crippen MR) is 71.5 cm³/mol. The van der Waals surface area contributed by atoms with Gasteiger partial charge in [-0.15, -0.1) is 0 Å². The summed E-state index contributed by atoms with van der Waals surface area (Å²) in [5.74, 6) is 0. The molecule has 2 N–H and O–H groups in total. The molecule has 0 aliphatic carbocycles. The van der Waals surface area contributed by atoms with Crippen LogP contribution in [0.4, 0.5) is 0 Å². The van der Waals surface area contributed by atoms with Crippen molar-refractivity contribution in [1.82, 2.24) is 4.31 Å². The molecule has 2 rings (SSSR count). The van der Waals surface area contributed by atoms with Gasteiger partial charge in [0, 0.05) is 13.1 Å². The van der Waals surface area contributed by atoms with E-state index in [9.17, 15) is 16.8 Å². The fourth-order valence-electron chi connectivity index (χ4n) is 1.99. The van der Waals surface area contributed by atoms with Gasteiger partial charge in [-0.1, -0.05) is 25.1 Å². The molecule has 1 aromatic rings. The average Bonchev–Trinajstić information content (AvgIpc) is 2.24. The molecule has 0 aromatic heterocycles. The summed E-state index contributed by atoms with van der Waals surface area (Å²) < 4.78 is 48.1. The molecular weight excluding hydrogens is 288 g/mol. The van der Waals surface area contributed by atoms with Crippen molar-refractivity contribution < 1.29 is 16.8 Å². The molecule has 1 aliphatic rings. The smallest absolute Gasteiger partial charge is 0.228 e. The first-order valence-electron chi connectivity index (χ1n) is 5.86. The van der Waals surface area contributed by atoms with Crippen molar-refractivity contribution in [2.24, 2.45) is 5.14 Å². The Bertz CT molecular complexity index is 676. The van der Waals surface area contributed by atoms with E-state index in [2.05, 4.69) is 0 Å². The second-order valence-corrected chi connectivity index (χ2v) is 8.25. The number of nitrogens with two attached hydrogens (primary N) is 1. The van der Waals surface area contributed by atoms with Crippen molar-refractivity contribution in [3.63, 3.8) is 0 Å². The molecule has 0 unspecified atom stereocenters. The molecule has 106 valence electrons. The lowest BCUT2D eigenvalue weighted by Crippen LogP contribution is -2.58. The fraction of sp³-hybridized carbons (Fsp3) is 0.455. The van der Waals surface area contributed by atoms with Gasteiger partial charge in [0.1, 0.15) is 5.25 Å². The molecule has 0 saturated carbocycles. The van der Waals surface area contributed by atoms with Gasteiger partial charge < -0.3 is 0 Å². The SMILES string of the molecule is CCc1ccccc1S(=O)(=O)N1CC(S(N)(=O)=O)C1. The quantitative estimate of drug-likeness (QED) is 0.840. The van der Waals surface area contributed by atoms with E-state index in [0.717, 1.165) is 9.87 Å². The first-order valence-corrected chi connectivity index (χ1v) is 8.91. The Kier molecular flexibility index (Phi) is 3.69. The van der Waals surface area contributed by atoms with Crippen LogP contribution in [0.5, 0.6) is 0 Å². The van der Waals surface area contributed by atoms with Crippen LogP contribution in [0.25, 0.3) is 0 Å². The van der Waals surface area contributed by atoms with Gasteiger partial charge in [0.25, 0.3) is 0 Å². The van der Waals surface area contributed by atoms with Crippen LogP contribution in [0, 0.1) is 0 Å². The Balaban J connectivity index is 2.26. The van der Waals surface area contributed by atoms with Crippen molar-refractivity contribution in [1.29, 1.82) is 0 Å². The van der Waals surface area contributed by atoms with Gasteiger partial charge in [0.2, 0.25) is 20.0 Å². The summed E-state index contributed by atoms with van der Waals surface area (Å²) in [6, 6.07) is 6.73. The zero-order valence-electron chi connectivity index (χ0n) is 10.5. The molecule has 1 aliphatic heterocycles. The van der Waals surface area contributed by atoms with E-state index in [0.29, 0.717) is 6.42 Å². The summed E-state index contributed by atoms with van der Waals surface area (Å²) in [4.78, 5) is 0.241. The molecule has 19 heavy (non-hydrogen) atoms. The maximum absolute atomic E-state index is 12.4. The third-order valence-corrected chi connectivity index (χ3v) is 6.41. The van der Waals surface area contributed by atoms with Crippen molar-refractivity contribution in [3.05, 3.63) is 29.8 Å². The van der Waals surface area contributed by atoms with E-state index in [1.165, 1.54) is 0 Å². The highest BCUT2D eigenvalue weighted by Crippen LogP contribution is 2.26. The van der Waals surface area contributed by atoms with Gasteiger partial charge in [-0.2, -0.15) is 4.31 Å². The Hall–Kier alpha value is -0.960. The summed E-state index contributed by atoms with van der Waals surface area (Å²) >= 11 is 0. The van der Waals surface area contributed by atoms with Crippen LogP contribution >= 0.6 is 0 Å². The Morgan fingerprint density at radius 2 is 1.79 bits per heavy atom. The molecule has 0 bridgehead atoms. The van der Waals surface area contributed by atoms with Crippen molar-refractivity contribution in [3.8, 4) is 0 Å². The van der Waals surface area contributed by atoms with E-state index < -0.39 is 25.3 Å². The summed E-state index contributed by atoms with van der Waals surface area (Å²) in [6.45, 7) is 1.73. The van der Waals surface area contributed by atoms with Crippen LogP contribution in [0.15, 0.2) is 29.2 Å². The highest BCUT2D eigenvalue weighted by Gasteiger charge is 2.42. The lowest BCUT2D eigenvalue weighted by molar-refractivity contribution is 0.309. The van der Waals surface area contributed by atoms with Gasteiger partial charge in [0.15, 0.2) is 0 Å². The van der Waals surface area contributed by atoms with Crippen LogP contribution < -0.4 is 5.14 Å². The number of hydrogen-bond acceptors (Lipinski definition) is 4. The first kappa shape index (κ1) is 14.4. The fourth-order valence-corrected chi connectivity index (χ4v) is 4.78. The van der Waals surface area contributed by atoms with Gasteiger partial charge in [0.05, 0.1) is 4.90 Å². The monoisotopic (exact) mass is 304 g/mol. The first-order chi connectivity index (χ1) is 8.76. The van der Waals surface area contributed by atoms with Gasteiger partial charge >= 0.3 is 0 Å². The van der Waals surface area contributed by atoms with Crippen LogP contribution in [-0.2, 0) is 26.5 Å². The number of aryl methyl sites for hydroxylation is 1. The number of primary sulfonamides is 1. The normalized spacial score (nSPS) is 18.2. The molecule has 1 saturated heterocycles. The van der Waals surface area contributed by atoms with E-state index in [1.807, 2.05) is 6.92 Å². The maximum Gasteiger partial charge on any atom is 0.243 e. The van der Waals surface area contributed by atoms with Crippen LogP contribution in [0.1, 0.15) is 12.5 Å². The van der Waals surface area contributed by atoms with Crippen LogP contribution in [0.2, 0.25) is 0 Å². The maximum atomic E-state index is 12.4. The third kappa shape index (κ3) is 2.66. The molecule has 0 amide bonds. The number of benzene rings is 1. The molecule has 1 aromatic carbocycles. The molecular formula is C11H16N2O4S2. The minimum absolute atomic E-state index is 0.0702. The average molecular weight is 304 g/mol. The van der Waals surface area contributed by atoms with Crippen molar-refractivity contribution in [2.45, 2.75) is 23.5 Å². The zero-order valence-corrected chi connectivity index (χ0v) is 12.1. The Morgan fingerprint density at radius 3 is 2.32 bits per heavy atom. The topological polar surface area (TPSA) is 97.5 Å². The predicted octanol–water partition coefficient (Wildman–Crippen LogP) is -0.0896. The summed E-state index contributed by atoms with van der Waals surface area (Å²) in [5.41, 5.74) is 0.724. The summed E-state index contributed by atoms with van der Waals surface area (Å²) in [5, 5.41) is 4.20. The molecule has 0 radical (unpaired) electrons. The van der Waals surface area contributed by atoms with Crippen LogP contribution in [-0.4, -0.2) is 39.5 Å². The molecule has 0 spiro atoms. The highest BCUT2D eigenvalue weighted by atomic mass is 32.2. The molecule has 1 fully saturated rings. The summed E-state index contributed by atoms with van der Waals surface area (Å²) in [6.07, 6.45) is 0.599. The van der Waals surface area contributed by atoms with Gasteiger partial charge in [-0.3, -0.25) is 0 Å². The number of nitrogens with zero attached hydrogens (tertiary/aromatic N) is 1. The van der Waals surface area contributed by atoms with Gasteiger partial charge in [-0.05, 0) is 18.1 Å². The molecule has 1 heterocycles. The van der Waals surface area contributed by atoms with Crippen molar-refractivity contribution in [2.75, 3.05) is 13.1 Å². The molecule has 0 atom stereocenters. The minimum Gasteiger partial charge on any atom is -0.228 e. The largest absolute Gasteiger partial charge is 0.243 e. The number of rotatable bonds is 4. The third-order valence-electron chi connectivity index (χ3n) is 3.25. The number of sulfonamides is 2. The Morgan fingerprint density at radius 1 is 1.21 bits per heavy atom. The number of hydrogen-bond donors (Lipinski definition) is 1. The van der Waals surface area contributed by atoms with Crippen molar-refractivity contribution >= 4 is 20.0 Å². The van der Waals surface area contributed by atoms with E-state index in [4.69, 9.17) is 5.14 Å². The Labute approximate surface area is 113 Å². The van der Waals surface area contributed by atoms with E-state index in [-0.39, 0.29) is 18.0 Å². The highest BCUT2D eigenvalue weighted by molar-refractivity contribution is 7.91. The molecule has 6 nitrogen and oxygen atoms in total. The standard InChI is InChI=1S/C11H16N2O4S2/c1-2-9-5-3-4-6-11(9)19(16,17)13-7-10(8-13)18(12,14)15/h3-6,10H,2,7-8H2,1H3,(H2,12,14,15). The van der Waals surface area contributed by atoms with Gasteiger partial charge in [-0.25, -0.2) is 22.0 Å².